The molecular formula is C18H24N6O4. The van der Waals surface area contributed by atoms with Gasteiger partial charge in [-0.15, -0.1) is 0 Å². The standard InChI is InChI=1S/C18H24N6O4/c25-15-13(8-22-17(26)23-15)10-24-6-7-27-12-18(11-24)3-2-14(28-18)9-21-16-19-4-1-5-20-16/h1,4-5,8,14H,2-3,6-7,9-12H2,(H,19,20,21)(H2,22,23,25,26)/t14-,18+/m0/s1. The third-order valence-electron chi connectivity index (χ3n) is 5.11. The first kappa shape index (κ1) is 18.8. The van der Waals surface area contributed by atoms with Crippen molar-refractivity contribution in [2.45, 2.75) is 31.1 Å². The molecule has 10 heteroatoms. The Morgan fingerprint density at radius 2 is 2.18 bits per heavy atom. The lowest BCUT2D eigenvalue weighted by Gasteiger charge is -2.31. The van der Waals surface area contributed by atoms with Gasteiger partial charge in [0.05, 0.1) is 19.3 Å². The second kappa shape index (κ2) is 8.21. The number of rotatable bonds is 5. The normalized spacial score (nSPS) is 25.6. The minimum Gasteiger partial charge on any atom is -0.377 e. The molecule has 28 heavy (non-hydrogen) atoms. The first-order valence-corrected chi connectivity index (χ1v) is 9.42. The van der Waals surface area contributed by atoms with Crippen LogP contribution in [0.2, 0.25) is 0 Å². The van der Waals surface area contributed by atoms with Crippen molar-refractivity contribution in [1.82, 2.24) is 24.8 Å². The number of ether oxygens (including phenoxy) is 2. The molecule has 0 aliphatic carbocycles. The first-order valence-electron chi connectivity index (χ1n) is 9.42. The number of nitrogens with one attached hydrogen (secondary N) is 3. The molecule has 4 rings (SSSR count). The summed E-state index contributed by atoms with van der Waals surface area (Å²) < 4.78 is 12.2. The van der Waals surface area contributed by atoms with Crippen LogP contribution < -0.4 is 16.6 Å². The summed E-state index contributed by atoms with van der Waals surface area (Å²) in [7, 11) is 0. The fourth-order valence-electron chi connectivity index (χ4n) is 3.77. The van der Waals surface area contributed by atoms with Gasteiger partial charge in [0.1, 0.15) is 5.60 Å². The van der Waals surface area contributed by atoms with Gasteiger partial charge < -0.3 is 19.8 Å². The lowest BCUT2D eigenvalue weighted by Crippen LogP contribution is -2.45. The molecule has 2 fully saturated rings. The van der Waals surface area contributed by atoms with E-state index in [0.29, 0.717) is 50.9 Å². The molecule has 2 aromatic heterocycles. The summed E-state index contributed by atoms with van der Waals surface area (Å²) >= 11 is 0. The molecule has 0 saturated carbocycles. The smallest absolute Gasteiger partial charge is 0.325 e. The van der Waals surface area contributed by atoms with E-state index in [4.69, 9.17) is 9.47 Å². The number of aromatic amines is 2. The van der Waals surface area contributed by atoms with Crippen LogP contribution >= 0.6 is 0 Å². The van der Waals surface area contributed by atoms with Crippen LogP contribution in [0.4, 0.5) is 5.95 Å². The highest BCUT2D eigenvalue weighted by atomic mass is 16.6. The van der Waals surface area contributed by atoms with Gasteiger partial charge in [-0.1, -0.05) is 0 Å². The highest BCUT2D eigenvalue weighted by Crippen LogP contribution is 2.33. The molecule has 2 aromatic rings. The van der Waals surface area contributed by atoms with Crippen LogP contribution in [0.3, 0.4) is 0 Å². The number of hydrogen-bond acceptors (Lipinski definition) is 8. The SMILES string of the molecule is O=c1[nH]cc(CN2CCOC[C@@]3(CC[C@@H](CNc4ncccn4)O3)C2)c(=O)[nH]1. The largest absolute Gasteiger partial charge is 0.377 e. The topological polar surface area (TPSA) is 125 Å². The summed E-state index contributed by atoms with van der Waals surface area (Å²) in [5, 5.41) is 3.21. The van der Waals surface area contributed by atoms with Gasteiger partial charge in [-0.2, -0.15) is 0 Å². The third kappa shape index (κ3) is 4.46. The van der Waals surface area contributed by atoms with E-state index in [2.05, 4.69) is 30.2 Å². The molecule has 0 aromatic carbocycles. The van der Waals surface area contributed by atoms with Gasteiger partial charge in [0.2, 0.25) is 5.95 Å². The second-order valence-electron chi connectivity index (χ2n) is 7.28. The van der Waals surface area contributed by atoms with Gasteiger partial charge in [-0.25, -0.2) is 14.8 Å². The maximum atomic E-state index is 12.0. The van der Waals surface area contributed by atoms with Crippen molar-refractivity contribution in [2.24, 2.45) is 0 Å². The van der Waals surface area contributed by atoms with Crippen LogP contribution in [0.5, 0.6) is 0 Å². The number of nitrogens with zero attached hydrogens (tertiary/aromatic N) is 3. The minimum absolute atomic E-state index is 0.0452. The number of anilines is 1. The molecule has 2 aliphatic heterocycles. The summed E-state index contributed by atoms with van der Waals surface area (Å²) in [6.45, 7) is 3.54. The highest BCUT2D eigenvalue weighted by molar-refractivity contribution is 5.22. The van der Waals surface area contributed by atoms with Gasteiger partial charge in [-0.05, 0) is 18.9 Å². The maximum absolute atomic E-state index is 12.0. The number of aromatic nitrogens is 4. The predicted molar refractivity (Wildman–Crippen MR) is 101 cm³/mol. The highest BCUT2D eigenvalue weighted by Gasteiger charge is 2.43. The predicted octanol–water partition coefficient (Wildman–Crippen LogP) is -0.285. The fraction of sp³-hybridized carbons (Fsp3) is 0.556. The van der Waals surface area contributed by atoms with E-state index in [1.54, 1.807) is 18.5 Å². The fourth-order valence-corrected chi connectivity index (χ4v) is 3.77. The Hall–Kier alpha value is -2.56. The summed E-state index contributed by atoms with van der Waals surface area (Å²) in [6.07, 6.45) is 6.71. The van der Waals surface area contributed by atoms with Crippen LogP contribution in [0, 0.1) is 0 Å². The summed E-state index contributed by atoms with van der Waals surface area (Å²) in [4.78, 5) is 38.5. The minimum atomic E-state index is -0.499. The van der Waals surface area contributed by atoms with Crippen LogP contribution in [0.1, 0.15) is 18.4 Å². The van der Waals surface area contributed by atoms with E-state index in [0.717, 1.165) is 12.8 Å². The lowest BCUT2D eigenvalue weighted by atomic mass is 10.00. The molecule has 150 valence electrons. The Morgan fingerprint density at radius 1 is 1.32 bits per heavy atom. The molecular weight excluding hydrogens is 364 g/mol. The van der Waals surface area contributed by atoms with Gasteiger partial charge in [0.25, 0.3) is 5.56 Å². The van der Waals surface area contributed by atoms with Crippen LogP contribution in [-0.4, -0.2) is 69.4 Å². The van der Waals surface area contributed by atoms with E-state index in [-0.39, 0.29) is 11.7 Å². The monoisotopic (exact) mass is 388 g/mol. The van der Waals surface area contributed by atoms with Crippen molar-refractivity contribution < 1.29 is 9.47 Å². The molecule has 0 radical (unpaired) electrons. The Kier molecular flexibility index (Phi) is 5.51. The molecule has 2 aliphatic rings. The van der Waals surface area contributed by atoms with Gasteiger partial charge in [0, 0.05) is 50.3 Å². The van der Waals surface area contributed by atoms with Crippen molar-refractivity contribution in [3.63, 3.8) is 0 Å². The summed E-state index contributed by atoms with van der Waals surface area (Å²) in [5.74, 6) is 0.586. The third-order valence-corrected chi connectivity index (χ3v) is 5.11. The average Bonchev–Trinajstić information content (AvgIpc) is 2.98. The first-order chi connectivity index (χ1) is 13.6. The second-order valence-corrected chi connectivity index (χ2v) is 7.28. The van der Waals surface area contributed by atoms with Crippen LogP contribution in [-0.2, 0) is 16.0 Å². The average molecular weight is 388 g/mol. The van der Waals surface area contributed by atoms with E-state index < -0.39 is 11.3 Å². The van der Waals surface area contributed by atoms with E-state index >= 15 is 0 Å². The molecule has 3 N–H and O–H groups in total. The van der Waals surface area contributed by atoms with Crippen molar-refractivity contribution in [1.29, 1.82) is 0 Å². The van der Waals surface area contributed by atoms with Crippen molar-refractivity contribution in [2.75, 3.05) is 38.2 Å². The van der Waals surface area contributed by atoms with Crippen molar-refractivity contribution >= 4 is 5.95 Å². The van der Waals surface area contributed by atoms with E-state index in [1.165, 1.54) is 6.20 Å². The Labute approximate surface area is 161 Å². The zero-order valence-electron chi connectivity index (χ0n) is 15.5. The number of H-pyrrole nitrogens is 2. The molecule has 0 bridgehead atoms. The van der Waals surface area contributed by atoms with Crippen LogP contribution in [0.15, 0.2) is 34.2 Å². The maximum Gasteiger partial charge on any atom is 0.325 e. The Balaban J connectivity index is 1.38. The molecule has 10 nitrogen and oxygen atoms in total. The molecule has 4 heterocycles. The molecule has 2 atom stereocenters. The van der Waals surface area contributed by atoms with Gasteiger partial charge in [0.15, 0.2) is 0 Å². The Bertz CT molecular complexity index is 901. The van der Waals surface area contributed by atoms with Gasteiger partial charge in [-0.3, -0.25) is 14.7 Å². The zero-order chi connectivity index (χ0) is 19.4. The van der Waals surface area contributed by atoms with Crippen molar-refractivity contribution in [3.8, 4) is 0 Å². The number of hydrogen-bond donors (Lipinski definition) is 3. The van der Waals surface area contributed by atoms with Crippen molar-refractivity contribution in [3.05, 3.63) is 51.1 Å². The summed E-state index contributed by atoms with van der Waals surface area (Å²) in [5.41, 5.74) is -0.731. The zero-order valence-corrected chi connectivity index (χ0v) is 15.5. The van der Waals surface area contributed by atoms with E-state index in [9.17, 15) is 9.59 Å². The molecule has 1 spiro atoms. The van der Waals surface area contributed by atoms with Gasteiger partial charge >= 0.3 is 5.69 Å². The molecule has 2 saturated heterocycles. The quantitative estimate of drug-likeness (QED) is 0.638. The Morgan fingerprint density at radius 3 is 3.00 bits per heavy atom. The lowest BCUT2D eigenvalue weighted by molar-refractivity contribution is -0.0827. The van der Waals surface area contributed by atoms with Crippen LogP contribution in [0.25, 0.3) is 0 Å². The molecule has 0 unspecified atom stereocenters. The summed E-state index contributed by atoms with van der Waals surface area (Å²) in [6, 6.07) is 1.77. The molecule has 0 amide bonds. The van der Waals surface area contributed by atoms with E-state index in [1.807, 2.05) is 0 Å².